The minimum Gasteiger partial charge on any atom is -0.342 e. The van der Waals surface area contributed by atoms with E-state index in [0.29, 0.717) is 12.0 Å². The van der Waals surface area contributed by atoms with Crippen molar-refractivity contribution in [3.63, 3.8) is 0 Å². The van der Waals surface area contributed by atoms with Crippen LogP contribution in [0.5, 0.6) is 0 Å². The number of nitrogens with zero attached hydrogens (tertiary/aromatic N) is 1. The second-order valence-corrected chi connectivity index (χ2v) is 7.70. The molecule has 130 valence electrons. The van der Waals surface area contributed by atoms with Gasteiger partial charge in [-0.15, -0.1) is 11.3 Å². The number of aromatic nitrogens is 2. The lowest BCUT2D eigenvalue weighted by atomic mass is 10.1. The molecule has 0 spiro atoms. The van der Waals surface area contributed by atoms with E-state index in [2.05, 4.69) is 20.7 Å². The first-order valence-corrected chi connectivity index (χ1v) is 9.71. The molecule has 3 rings (SSSR count). The molecule has 0 bridgehead atoms. The molecule has 0 saturated heterocycles. The maximum absolute atomic E-state index is 12.8. The van der Waals surface area contributed by atoms with Gasteiger partial charge >= 0.3 is 0 Å². The molecular weight excluding hydrogens is 354 g/mol. The number of aryl methyl sites for hydroxylation is 3. The zero-order valence-corrected chi connectivity index (χ0v) is 15.9. The molecule has 0 aliphatic heterocycles. The van der Waals surface area contributed by atoms with Crippen molar-refractivity contribution in [2.45, 2.75) is 33.2 Å². The molecule has 0 aliphatic rings. The van der Waals surface area contributed by atoms with Crippen LogP contribution in [0, 0.1) is 20.8 Å². The summed E-state index contributed by atoms with van der Waals surface area (Å²) in [5.74, 6) is -0.369. The first kappa shape index (κ1) is 17.6. The third kappa shape index (κ3) is 4.05. The van der Waals surface area contributed by atoms with Crippen LogP contribution in [0.1, 0.15) is 43.9 Å². The van der Waals surface area contributed by atoms with Crippen molar-refractivity contribution in [3.8, 4) is 0 Å². The van der Waals surface area contributed by atoms with Gasteiger partial charge in [-0.25, -0.2) is 4.98 Å². The highest BCUT2D eigenvalue weighted by atomic mass is 32.1. The number of thiazole rings is 1. The first-order valence-electron chi connectivity index (χ1n) is 7.88. The molecule has 3 aromatic heterocycles. The molecule has 5 nitrogen and oxygen atoms in total. The van der Waals surface area contributed by atoms with E-state index in [-0.39, 0.29) is 23.1 Å². The number of pyridine rings is 1. The Kier molecular flexibility index (Phi) is 5.15. The van der Waals surface area contributed by atoms with E-state index in [1.807, 2.05) is 23.8 Å². The van der Waals surface area contributed by atoms with E-state index in [4.69, 9.17) is 0 Å². The largest absolute Gasteiger partial charge is 0.342 e. The highest BCUT2D eigenvalue weighted by molar-refractivity contribution is 7.09. The fourth-order valence-corrected chi connectivity index (χ4v) is 4.27. The summed E-state index contributed by atoms with van der Waals surface area (Å²) in [5, 5.41) is 9.88. The number of hydrogen-bond donors (Lipinski definition) is 2. The molecule has 1 atom stereocenters. The van der Waals surface area contributed by atoms with E-state index >= 15 is 0 Å². The molecule has 3 heterocycles. The average Bonchev–Trinajstić information content (AvgIpc) is 3.17. The summed E-state index contributed by atoms with van der Waals surface area (Å²) >= 11 is 3.14. The SMILES string of the molecule is Cc1csc([C@H](Cc2ccsc2)NC(=O)c2c(C)cc(C)[nH]c2=O)n1. The van der Waals surface area contributed by atoms with Gasteiger partial charge in [0.15, 0.2) is 0 Å². The first-order chi connectivity index (χ1) is 11.9. The van der Waals surface area contributed by atoms with E-state index in [1.165, 1.54) is 11.3 Å². The fourth-order valence-electron chi connectivity index (χ4n) is 2.74. The molecule has 3 aromatic rings. The number of thiophene rings is 1. The quantitative estimate of drug-likeness (QED) is 0.718. The van der Waals surface area contributed by atoms with Crippen LogP contribution in [0.25, 0.3) is 0 Å². The van der Waals surface area contributed by atoms with Crippen LogP contribution in [0.15, 0.2) is 33.1 Å². The predicted molar refractivity (Wildman–Crippen MR) is 102 cm³/mol. The number of nitrogens with one attached hydrogen (secondary N) is 2. The van der Waals surface area contributed by atoms with Crippen LogP contribution in [0.4, 0.5) is 0 Å². The topological polar surface area (TPSA) is 74.8 Å². The number of H-pyrrole nitrogens is 1. The van der Waals surface area contributed by atoms with Gasteiger partial charge in [-0.3, -0.25) is 9.59 Å². The molecule has 0 aliphatic carbocycles. The van der Waals surface area contributed by atoms with Crippen LogP contribution in [0.3, 0.4) is 0 Å². The molecule has 2 N–H and O–H groups in total. The van der Waals surface area contributed by atoms with E-state index in [9.17, 15) is 9.59 Å². The molecule has 0 radical (unpaired) electrons. The lowest BCUT2D eigenvalue weighted by molar-refractivity contribution is 0.0934. The Morgan fingerprint density at radius 2 is 2.12 bits per heavy atom. The van der Waals surface area contributed by atoms with Gasteiger partial charge in [-0.2, -0.15) is 11.3 Å². The van der Waals surface area contributed by atoms with Crippen molar-refractivity contribution in [2.75, 3.05) is 0 Å². The molecule has 0 saturated carbocycles. The maximum Gasteiger partial charge on any atom is 0.261 e. The van der Waals surface area contributed by atoms with Crippen molar-refractivity contribution in [2.24, 2.45) is 0 Å². The third-order valence-electron chi connectivity index (χ3n) is 3.85. The summed E-state index contributed by atoms with van der Waals surface area (Å²) < 4.78 is 0. The van der Waals surface area contributed by atoms with Gasteiger partial charge in [0.2, 0.25) is 0 Å². The molecular formula is C18H19N3O2S2. The van der Waals surface area contributed by atoms with Crippen molar-refractivity contribution in [3.05, 3.63) is 71.7 Å². The maximum atomic E-state index is 12.8. The van der Waals surface area contributed by atoms with Crippen molar-refractivity contribution in [1.29, 1.82) is 0 Å². The summed E-state index contributed by atoms with van der Waals surface area (Å²) in [6.07, 6.45) is 0.644. The molecule has 25 heavy (non-hydrogen) atoms. The standard InChI is InChI=1S/C18H19N3O2S2/c1-10-6-11(2)19-16(22)15(10)17(23)21-14(7-13-4-5-24-9-13)18-20-12(3)8-25-18/h4-6,8-9,14H,7H2,1-3H3,(H,19,22)(H,21,23)/t14-/m0/s1. The Labute approximate surface area is 153 Å². The minimum atomic E-state index is -0.369. The summed E-state index contributed by atoms with van der Waals surface area (Å²) in [4.78, 5) is 32.2. The summed E-state index contributed by atoms with van der Waals surface area (Å²) in [6, 6.07) is 3.58. The average molecular weight is 374 g/mol. The number of rotatable bonds is 5. The Bertz CT molecular complexity index is 942. The molecule has 7 heteroatoms. The zero-order chi connectivity index (χ0) is 18.0. The number of aromatic amines is 1. The zero-order valence-electron chi connectivity index (χ0n) is 14.3. The van der Waals surface area contributed by atoms with Crippen molar-refractivity contribution in [1.82, 2.24) is 15.3 Å². The Hall–Kier alpha value is -2.25. The predicted octanol–water partition coefficient (Wildman–Crippen LogP) is 3.53. The summed E-state index contributed by atoms with van der Waals surface area (Å²) in [5.41, 5.74) is 3.27. The normalized spacial score (nSPS) is 12.1. The van der Waals surface area contributed by atoms with E-state index in [1.54, 1.807) is 31.3 Å². The Morgan fingerprint density at radius 1 is 1.32 bits per heavy atom. The number of hydrogen-bond acceptors (Lipinski definition) is 5. The second-order valence-electron chi connectivity index (χ2n) is 6.03. The number of amides is 1. The van der Waals surface area contributed by atoms with Crippen LogP contribution < -0.4 is 10.9 Å². The van der Waals surface area contributed by atoms with Crippen LogP contribution in [-0.4, -0.2) is 15.9 Å². The molecule has 1 amide bonds. The van der Waals surface area contributed by atoms with Gasteiger partial charge in [0.25, 0.3) is 11.5 Å². The van der Waals surface area contributed by atoms with E-state index < -0.39 is 0 Å². The van der Waals surface area contributed by atoms with Gasteiger partial charge in [0, 0.05) is 23.2 Å². The second kappa shape index (κ2) is 7.33. The van der Waals surface area contributed by atoms with E-state index in [0.717, 1.165) is 22.0 Å². The molecule has 0 fully saturated rings. The van der Waals surface area contributed by atoms with Crippen LogP contribution >= 0.6 is 22.7 Å². The summed E-state index contributed by atoms with van der Waals surface area (Å²) in [6.45, 7) is 5.50. The van der Waals surface area contributed by atoms with Gasteiger partial charge in [0.05, 0.1) is 6.04 Å². The number of carbonyl (C=O) groups excluding carboxylic acids is 1. The lowest BCUT2D eigenvalue weighted by Gasteiger charge is -2.17. The summed E-state index contributed by atoms with van der Waals surface area (Å²) in [7, 11) is 0. The highest BCUT2D eigenvalue weighted by Crippen LogP contribution is 2.23. The highest BCUT2D eigenvalue weighted by Gasteiger charge is 2.22. The molecule has 0 unspecified atom stereocenters. The minimum absolute atomic E-state index is 0.161. The van der Waals surface area contributed by atoms with Crippen molar-refractivity contribution < 1.29 is 4.79 Å². The number of carbonyl (C=O) groups is 1. The Balaban J connectivity index is 1.90. The van der Waals surface area contributed by atoms with Crippen LogP contribution in [-0.2, 0) is 6.42 Å². The monoisotopic (exact) mass is 373 g/mol. The fraction of sp³-hybridized carbons (Fsp3) is 0.278. The van der Waals surface area contributed by atoms with Gasteiger partial charge in [0.1, 0.15) is 10.6 Å². The molecule has 0 aromatic carbocycles. The van der Waals surface area contributed by atoms with Crippen LogP contribution in [0.2, 0.25) is 0 Å². The van der Waals surface area contributed by atoms with Crippen molar-refractivity contribution >= 4 is 28.6 Å². The Morgan fingerprint density at radius 3 is 2.72 bits per heavy atom. The lowest BCUT2D eigenvalue weighted by Crippen LogP contribution is -2.34. The third-order valence-corrected chi connectivity index (χ3v) is 5.66. The smallest absolute Gasteiger partial charge is 0.261 e. The van der Waals surface area contributed by atoms with Gasteiger partial charge < -0.3 is 10.3 Å². The van der Waals surface area contributed by atoms with Gasteiger partial charge in [-0.1, -0.05) is 0 Å². The van der Waals surface area contributed by atoms with Gasteiger partial charge in [-0.05, 0) is 54.8 Å².